The maximum Gasteiger partial charge on any atom is 0.247 e. The zero-order valence-electron chi connectivity index (χ0n) is 12.6. The molecule has 0 amide bonds. The standard InChI is InChI=1S/C16H16ClFN2O2S.ClH/c17-13-7-4-8-14(18)16(13)23(21,22)20-9-12(15(19)10-20)11-5-2-1-3-6-11;/h1-8,12,15H,9-10,19H2;1H/t12-,15+;/m0./s1. The summed E-state index contributed by atoms with van der Waals surface area (Å²) in [6, 6.07) is 13.0. The van der Waals surface area contributed by atoms with Crippen LogP contribution in [0.3, 0.4) is 0 Å². The molecular weight excluding hydrogens is 374 g/mol. The van der Waals surface area contributed by atoms with Gasteiger partial charge in [0.1, 0.15) is 10.7 Å². The van der Waals surface area contributed by atoms with E-state index in [1.54, 1.807) is 0 Å². The smallest absolute Gasteiger partial charge is 0.247 e. The lowest BCUT2D eigenvalue weighted by Crippen LogP contribution is -2.32. The van der Waals surface area contributed by atoms with Crippen molar-refractivity contribution in [3.8, 4) is 0 Å². The minimum Gasteiger partial charge on any atom is -0.326 e. The second kappa shape index (κ2) is 7.37. The van der Waals surface area contributed by atoms with Gasteiger partial charge in [-0.1, -0.05) is 48.0 Å². The van der Waals surface area contributed by atoms with E-state index in [0.717, 1.165) is 11.6 Å². The van der Waals surface area contributed by atoms with Crippen LogP contribution in [0.2, 0.25) is 5.02 Å². The minimum absolute atomic E-state index is 0. The molecule has 0 aliphatic carbocycles. The summed E-state index contributed by atoms with van der Waals surface area (Å²) >= 11 is 5.91. The second-order valence-electron chi connectivity index (χ2n) is 5.55. The Kier molecular flexibility index (Phi) is 5.88. The highest BCUT2D eigenvalue weighted by Crippen LogP contribution is 2.33. The van der Waals surface area contributed by atoms with E-state index in [1.807, 2.05) is 30.3 Å². The van der Waals surface area contributed by atoms with Crippen LogP contribution in [0.1, 0.15) is 11.5 Å². The molecular formula is C16H17Cl2FN2O2S. The first-order chi connectivity index (χ1) is 10.9. The van der Waals surface area contributed by atoms with Gasteiger partial charge >= 0.3 is 0 Å². The van der Waals surface area contributed by atoms with Gasteiger partial charge in [-0.05, 0) is 17.7 Å². The highest BCUT2D eigenvalue weighted by Gasteiger charge is 2.40. The van der Waals surface area contributed by atoms with Crippen LogP contribution in [-0.4, -0.2) is 31.9 Å². The molecule has 0 bridgehead atoms. The molecule has 1 fully saturated rings. The maximum atomic E-state index is 14.0. The molecule has 0 radical (unpaired) electrons. The lowest BCUT2D eigenvalue weighted by molar-refractivity contribution is 0.463. The van der Waals surface area contributed by atoms with Crippen molar-refractivity contribution in [2.75, 3.05) is 13.1 Å². The van der Waals surface area contributed by atoms with Crippen LogP contribution in [-0.2, 0) is 10.0 Å². The van der Waals surface area contributed by atoms with Crippen molar-refractivity contribution in [1.29, 1.82) is 0 Å². The van der Waals surface area contributed by atoms with E-state index in [1.165, 1.54) is 16.4 Å². The monoisotopic (exact) mass is 390 g/mol. The average molecular weight is 391 g/mol. The Morgan fingerprint density at radius 2 is 1.75 bits per heavy atom. The summed E-state index contributed by atoms with van der Waals surface area (Å²) in [5.74, 6) is -0.981. The first-order valence-electron chi connectivity index (χ1n) is 7.16. The highest BCUT2D eigenvalue weighted by atomic mass is 35.5. The van der Waals surface area contributed by atoms with E-state index < -0.39 is 20.7 Å². The maximum absolute atomic E-state index is 14.0. The van der Waals surface area contributed by atoms with Gasteiger partial charge in [-0.2, -0.15) is 4.31 Å². The molecule has 1 heterocycles. The Balaban J connectivity index is 0.00000208. The number of hydrogen-bond donors (Lipinski definition) is 1. The quantitative estimate of drug-likeness (QED) is 0.875. The predicted molar refractivity (Wildman–Crippen MR) is 94.6 cm³/mol. The third kappa shape index (κ3) is 3.43. The Morgan fingerprint density at radius 3 is 2.38 bits per heavy atom. The molecule has 4 nitrogen and oxygen atoms in total. The second-order valence-corrected chi connectivity index (χ2v) is 7.84. The van der Waals surface area contributed by atoms with E-state index in [9.17, 15) is 12.8 Å². The van der Waals surface area contributed by atoms with Gasteiger partial charge < -0.3 is 5.73 Å². The molecule has 24 heavy (non-hydrogen) atoms. The number of hydrogen-bond acceptors (Lipinski definition) is 3. The summed E-state index contributed by atoms with van der Waals surface area (Å²) in [5.41, 5.74) is 7.09. The van der Waals surface area contributed by atoms with Crippen LogP contribution in [0.4, 0.5) is 4.39 Å². The zero-order valence-corrected chi connectivity index (χ0v) is 15.0. The highest BCUT2D eigenvalue weighted by molar-refractivity contribution is 7.89. The van der Waals surface area contributed by atoms with Crippen molar-refractivity contribution in [3.05, 3.63) is 64.9 Å². The fourth-order valence-corrected chi connectivity index (χ4v) is 4.97. The van der Waals surface area contributed by atoms with E-state index >= 15 is 0 Å². The molecule has 2 aromatic carbocycles. The summed E-state index contributed by atoms with van der Waals surface area (Å²) in [6.07, 6.45) is 0. The third-order valence-electron chi connectivity index (χ3n) is 4.08. The first-order valence-corrected chi connectivity index (χ1v) is 8.98. The number of nitrogens with two attached hydrogens (primary N) is 1. The summed E-state index contributed by atoms with van der Waals surface area (Å²) in [4.78, 5) is -0.484. The summed E-state index contributed by atoms with van der Waals surface area (Å²) in [7, 11) is -4.03. The molecule has 0 unspecified atom stereocenters. The molecule has 0 spiro atoms. The van der Waals surface area contributed by atoms with Crippen molar-refractivity contribution in [1.82, 2.24) is 4.31 Å². The Hall–Kier alpha value is -1.18. The fourth-order valence-electron chi connectivity index (χ4n) is 2.90. The van der Waals surface area contributed by atoms with Crippen molar-refractivity contribution in [3.63, 3.8) is 0 Å². The van der Waals surface area contributed by atoms with E-state index in [2.05, 4.69) is 0 Å². The van der Waals surface area contributed by atoms with Gasteiger partial charge in [-0.3, -0.25) is 0 Å². The van der Waals surface area contributed by atoms with Crippen molar-refractivity contribution in [2.24, 2.45) is 5.73 Å². The summed E-state index contributed by atoms with van der Waals surface area (Å²) in [6.45, 7) is 0.338. The van der Waals surface area contributed by atoms with Crippen LogP contribution in [0.5, 0.6) is 0 Å². The number of nitrogens with zero attached hydrogens (tertiary/aromatic N) is 1. The lowest BCUT2D eigenvalue weighted by Gasteiger charge is -2.17. The molecule has 130 valence electrons. The Bertz CT molecular complexity index is 798. The normalized spacial score (nSPS) is 21.5. The van der Waals surface area contributed by atoms with Crippen molar-refractivity contribution < 1.29 is 12.8 Å². The number of benzene rings is 2. The summed E-state index contributed by atoms with van der Waals surface area (Å²) < 4.78 is 40.7. The third-order valence-corrected chi connectivity index (χ3v) is 6.41. The van der Waals surface area contributed by atoms with Crippen LogP contribution in [0.15, 0.2) is 53.4 Å². The summed E-state index contributed by atoms with van der Waals surface area (Å²) in [5, 5.41) is -0.123. The van der Waals surface area contributed by atoms with Crippen LogP contribution >= 0.6 is 24.0 Å². The number of halogens is 3. The van der Waals surface area contributed by atoms with Crippen molar-refractivity contribution >= 4 is 34.0 Å². The Labute approximate surface area is 151 Å². The molecule has 1 aliphatic rings. The van der Waals surface area contributed by atoms with Crippen molar-refractivity contribution in [2.45, 2.75) is 16.9 Å². The fraction of sp³-hybridized carbons (Fsp3) is 0.250. The molecule has 0 aromatic heterocycles. The molecule has 1 saturated heterocycles. The molecule has 2 atom stereocenters. The molecule has 2 aromatic rings. The largest absolute Gasteiger partial charge is 0.326 e. The van der Waals surface area contributed by atoms with Gasteiger partial charge in [-0.25, -0.2) is 12.8 Å². The van der Waals surface area contributed by atoms with Gasteiger partial charge in [-0.15, -0.1) is 12.4 Å². The van der Waals surface area contributed by atoms with Crippen LogP contribution < -0.4 is 5.73 Å². The van der Waals surface area contributed by atoms with Gasteiger partial charge in [0.2, 0.25) is 10.0 Å². The van der Waals surface area contributed by atoms with Gasteiger partial charge in [0.25, 0.3) is 0 Å². The first kappa shape index (κ1) is 19.1. The van der Waals surface area contributed by atoms with E-state index in [0.29, 0.717) is 0 Å². The van der Waals surface area contributed by atoms with Crippen LogP contribution in [0.25, 0.3) is 0 Å². The molecule has 0 saturated carbocycles. The molecule has 1 aliphatic heterocycles. The Morgan fingerprint density at radius 1 is 1.08 bits per heavy atom. The van der Waals surface area contributed by atoms with Gasteiger partial charge in [0, 0.05) is 25.0 Å². The molecule has 2 N–H and O–H groups in total. The van der Waals surface area contributed by atoms with E-state index in [-0.39, 0.29) is 42.5 Å². The van der Waals surface area contributed by atoms with Gasteiger partial charge in [0.15, 0.2) is 0 Å². The van der Waals surface area contributed by atoms with Gasteiger partial charge in [0.05, 0.1) is 5.02 Å². The molecule has 3 rings (SSSR count). The lowest BCUT2D eigenvalue weighted by atomic mass is 9.95. The zero-order chi connectivity index (χ0) is 16.6. The SMILES string of the molecule is Cl.N[C@@H]1CN(S(=O)(=O)c2c(F)cccc2Cl)C[C@H]1c1ccccc1. The average Bonchev–Trinajstić information content (AvgIpc) is 2.90. The molecule has 8 heteroatoms. The number of rotatable bonds is 3. The predicted octanol–water partition coefficient (Wildman–Crippen LogP) is 3.02. The number of sulfonamides is 1. The van der Waals surface area contributed by atoms with Crippen LogP contribution in [0, 0.1) is 5.82 Å². The topological polar surface area (TPSA) is 63.4 Å². The van der Waals surface area contributed by atoms with E-state index in [4.69, 9.17) is 17.3 Å². The minimum atomic E-state index is -4.03.